The molecule has 1 unspecified atom stereocenters. The van der Waals surface area contributed by atoms with Crippen LogP contribution in [-0.2, 0) is 25.9 Å². The van der Waals surface area contributed by atoms with Crippen LogP contribution < -0.4 is 10.6 Å². The van der Waals surface area contributed by atoms with Gasteiger partial charge in [-0.3, -0.25) is 4.99 Å². The van der Waals surface area contributed by atoms with Gasteiger partial charge in [0.2, 0.25) is 0 Å². The number of thiophene rings is 1. The molecule has 2 N–H and O–H groups in total. The number of nitrogens with zero attached hydrogens (tertiary/aromatic N) is 4. The van der Waals surface area contributed by atoms with Crippen molar-refractivity contribution in [1.29, 1.82) is 0 Å². The lowest BCUT2D eigenvalue weighted by molar-refractivity contribution is 0.591. The zero-order valence-corrected chi connectivity index (χ0v) is 16.2. The Kier molecular flexibility index (Phi) is 6.07. The fourth-order valence-electron chi connectivity index (χ4n) is 3.21. The van der Waals surface area contributed by atoms with Gasteiger partial charge in [-0.1, -0.05) is 6.42 Å². The first kappa shape index (κ1) is 17.9. The molecule has 1 aliphatic heterocycles. The molecule has 0 saturated carbocycles. The highest BCUT2D eigenvalue weighted by molar-refractivity contribution is 7.11. The molecular weight excluding hydrogens is 332 g/mol. The molecule has 0 fully saturated rings. The summed E-state index contributed by atoms with van der Waals surface area (Å²) in [5, 5.41) is 15.6. The molecule has 1 atom stereocenters. The Labute approximate surface area is 153 Å². The predicted molar refractivity (Wildman–Crippen MR) is 103 cm³/mol. The average Bonchev–Trinajstić information content (AvgIpc) is 3.09. The summed E-state index contributed by atoms with van der Waals surface area (Å²) in [6.45, 7) is 6.01. The van der Waals surface area contributed by atoms with Gasteiger partial charge in [0.05, 0.1) is 6.54 Å². The van der Waals surface area contributed by atoms with E-state index in [1.807, 2.05) is 18.4 Å². The van der Waals surface area contributed by atoms with E-state index in [-0.39, 0.29) is 0 Å². The molecule has 2 aromatic heterocycles. The molecular formula is C18H28N6S. The van der Waals surface area contributed by atoms with E-state index in [1.165, 1.54) is 29.0 Å². The molecule has 0 aliphatic carbocycles. The molecule has 0 bridgehead atoms. The Bertz CT molecular complexity index is 717. The Morgan fingerprint density at radius 2 is 2.20 bits per heavy atom. The summed E-state index contributed by atoms with van der Waals surface area (Å²) < 4.78 is 2.27. The van der Waals surface area contributed by atoms with Gasteiger partial charge in [-0.05, 0) is 38.8 Å². The second-order valence-corrected chi connectivity index (χ2v) is 8.05. The molecule has 7 heteroatoms. The zero-order valence-electron chi connectivity index (χ0n) is 15.4. The summed E-state index contributed by atoms with van der Waals surface area (Å²) in [6.07, 6.45) is 5.74. The number of hydrogen-bond donors (Lipinski definition) is 2. The molecule has 0 radical (unpaired) electrons. The lowest BCUT2D eigenvalue weighted by atomic mass is 10.2. The summed E-state index contributed by atoms with van der Waals surface area (Å²) in [6, 6.07) is 4.70. The van der Waals surface area contributed by atoms with Gasteiger partial charge in [0.15, 0.2) is 11.8 Å². The summed E-state index contributed by atoms with van der Waals surface area (Å²) in [5.74, 6) is 2.94. The molecule has 0 aromatic carbocycles. The average molecular weight is 361 g/mol. The first-order chi connectivity index (χ1) is 12.2. The summed E-state index contributed by atoms with van der Waals surface area (Å²) >= 11 is 1.86. The minimum Gasteiger partial charge on any atom is -0.354 e. The Morgan fingerprint density at radius 1 is 1.32 bits per heavy atom. The van der Waals surface area contributed by atoms with Crippen LogP contribution in [0.15, 0.2) is 17.1 Å². The topological polar surface area (TPSA) is 67.1 Å². The number of hydrogen-bond acceptors (Lipinski definition) is 4. The third kappa shape index (κ3) is 4.81. The van der Waals surface area contributed by atoms with Crippen molar-refractivity contribution in [3.8, 4) is 0 Å². The molecule has 6 nitrogen and oxygen atoms in total. The maximum Gasteiger partial charge on any atom is 0.191 e. The molecule has 0 amide bonds. The van der Waals surface area contributed by atoms with Crippen molar-refractivity contribution in [2.45, 2.75) is 65.1 Å². The van der Waals surface area contributed by atoms with Crippen molar-refractivity contribution in [2.75, 3.05) is 7.05 Å². The molecule has 3 heterocycles. The van der Waals surface area contributed by atoms with Gasteiger partial charge in [0.1, 0.15) is 5.82 Å². The highest BCUT2D eigenvalue weighted by atomic mass is 32.1. The fourth-order valence-corrected chi connectivity index (χ4v) is 4.23. The zero-order chi connectivity index (χ0) is 17.6. The van der Waals surface area contributed by atoms with Crippen molar-refractivity contribution >= 4 is 17.3 Å². The predicted octanol–water partition coefficient (Wildman–Crippen LogP) is 2.67. The first-order valence-electron chi connectivity index (χ1n) is 9.09. The monoisotopic (exact) mass is 360 g/mol. The Balaban J connectivity index is 1.53. The minimum atomic E-state index is 0.319. The first-order valence-corrected chi connectivity index (χ1v) is 9.91. The number of fused-ring (bicyclic) bond motifs is 1. The van der Waals surface area contributed by atoms with Crippen LogP contribution in [-0.4, -0.2) is 33.8 Å². The SMILES string of the molecule is CN=C(NCc1nnc2n1CCCCC2)NC(C)Cc1ccc(C)s1. The van der Waals surface area contributed by atoms with Gasteiger partial charge in [-0.15, -0.1) is 21.5 Å². The number of guanidine groups is 1. The van der Waals surface area contributed by atoms with Crippen molar-refractivity contribution < 1.29 is 0 Å². The van der Waals surface area contributed by atoms with E-state index < -0.39 is 0 Å². The quantitative estimate of drug-likeness (QED) is 0.635. The van der Waals surface area contributed by atoms with Crippen LogP contribution in [0.5, 0.6) is 0 Å². The molecule has 1 aliphatic rings. The van der Waals surface area contributed by atoms with Crippen LogP contribution in [0.1, 0.15) is 47.6 Å². The van der Waals surface area contributed by atoms with Crippen molar-refractivity contribution in [2.24, 2.45) is 4.99 Å². The van der Waals surface area contributed by atoms with E-state index in [4.69, 9.17) is 0 Å². The molecule has 136 valence electrons. The van der Waals surface area contributed by atoms with E-state index in [9.17, 15) is 0 Å². The van der Waals surface area contributed by atoms with Crippen LogP contribution in [0.2, 0.25) is 0 Å². The third-order valence-electron chi connectivity index (χ3n) is 4.51. The van der Waals surface area contributed by atoms with Crippen molar-refractivity contribution in [3.05, 3.63) is 33.5 Å². The highest BCUT2D eigenvalue weighted by Gasteiger charge is 2.15. The number of aromatic nitrogens is 3. The van der Waals surface area contributed by atoms with Crippen LogP contribution >= 0.6 is 11.3 Å². The van der Waals surface area contributed by atoms with Crippen molar-refractivity contribution in [1.82, 2.24) is 25.4 Å². The summed E-state index contributed by atoms with van der Waals surface area (Å²) in [5.41, 5.74) is 0. The molecule has 3 rings (SSSR count). The minimum absolute atomic E-state index is 0.319. The standard InChI is InChI=1S/C18H28N6S/c1-13(11-15-9-8-14(2)25-15)21-18(19-3)20-12-17-23-22-16-7-5-4-6-10-24(16)17/h8-9,13H,4-7,10-12H2,1-3H3,(H2,19,20,21). The maximum absolute atomic E-state index is 4.36. The molecule has 25 heavy (non-hydrogen) atoms. The second kappa shape index (κ2) is 8.47. The Morgan fingerprint density at radius 3 is 2.96 bits per heavy atom. The molecule has 2 aromatic rings. The number of nitrogens with one attached hydrogen (secondary N) is 2. The van der Waals surface area contributed by atoms with Crippen LogP contribution in [0.25, 0.3) is 0 Å². The smallest absolute Gasteiger partial charge is 0.191 e. The van der Waals surface area contributed by atoms with E-state index >= 15 is 0 Å². The fraction of sp³-hybridized carbons (Fsp3) is 0.611. The van der Waals surface area contributed by atoms with Gasteiger partial charge in [-0.25, -0.2) is 0 Å². The van der Waals surface area contributed by atoms with Gasteiger partial charge in [0.25, 0.3) is 0 Å². The highest BCUT2D eigenvalue weighted by Crippen LogP contribution is 2.17. The number of aliphatic imine (C=N–C) groups is 1. The lowest BCUT2D eigenvalue weighted by Crippen LogP contribution is -2.43. The van der Waals surface area contributed by atoms with Crippen LogP contribution in [0, 0.1) is 6.92 Å². The van der Waals surface area contributed by atoms with Gasteiger partial charge in [-0.2, -0.15) is 0 Å². The van der Waals surface area contributed by atoms with E-state index in [0.29, 0.717) is 12.6 Å². The third-order valence-corrected chi connectivity index (χ3v) is 5.53. The van der Waals surface area contributed by atoms with Crippen molar-refractivity contribution in [3.63, 3.8) is 0 Å². The molecule has 0 spiro atoms. The van der Waals surface area contributed by atoms with Gasteiger partial charge >= 0.3 is 0 Å². The van der Waals surface area contributed by atoms with Crippen LogP contribution in [0.3, 0.4) is 0 Å². The molecule has 0 saturated heterocycles. The summed E-state index contributed by atoms with van der Waals surface area (Å²) in [4.78, 5) is 7.10. The van der Waals surface area contributed by atoms with Crippen LogP contribution in [0.4, 0.5) is 0 Å². The largest absolute Gasteiger partial charge is 0.354 e. The maximum atomic E-state index is 4.36. The summed E-state index contributed by atoms with van der Waals surface area (Å²) in [7, 11) is 1.81. The number of rotatable bonds is 5. The van der Waals surface area contributed by atoms with E-state index in [2.05, 4.69) is 56.4 Å². The van der Waals surface area contributed by atoms with E-state index in [1.54, 1.807) is 0 Å². The van der Waals surface area contributed by atoms with E-state index in [0.717, 1.165) is 37.0 Å². The normalized spacial score (nSPS) is 16.2. The van der Waals surface area contributed by atoms with Gasteiger partial charge in [0, 0.05) is 42.2 Å². The second-order valence-electron chi connectivity index (χ2n) is 6.68. The lowest BCUT2D eigenvalue weighted by Gasteiger charge is -2.17. The van der Waals surface area contributed by atoms with Gasteiger partial charge < -0.3 is 15.2 Å². The number of aryl methyl sites for hydroxylation is 2. The Hall–Kier alpha value is -1.89.